The predicted octanol–water partition coefficient (Wildman–Crippen LogP) is 1.24. The summed E-state index contributed by atoms with van der Waals surface area (Å²) in [7, 11) is 1.41. The Hall–Kier alpha value is -0.420. The molecule has 1 aromatic rings. The Balaban J connectivity index is 0.00000144. The van der Waals surface area contributed by atoms with Crippen molar-refractivity contribution >= 4 is 23.5 Å². The number of benzene rings is 1. The number of halogens is 1. The number of rotatable bonds is 3. The molecular formula is C8H12ClNO2S. The van der Waals surface area contributed by atoms with Crippen LogP contribution in [0.3, 0.4) is 0 Å². The maximum Gasteiger partial charge on any atom is 0.188 e. The maximum atomic E-state index is 11.1. The van der Waals surface area contributed by atoms with Crippen LogP contribution in [0.4, 0.5) is 0 Å². The van der Waals surface area contributed by atoms with Crippen LogP contribution < -0.4 is 5.73 Å². The van der Waals surface area contributed by atoms with Crippen LogP contribution in [0.2, 0.25) is 0 Å². The Morgan fingerprint density at radius 1 is 1.38 bits per heavy atom. The monoisotopic (exact) mass is 221 g/mol. The van der Waals surface area contributed by atoms with Crippen molar-refractivity contribution in [1.29, 1.82) is 0 Å². The third kappa shape index (κ3) is 3.44. The van der Waals surface area contributed by atoms with Gasteiger partial charge in [0.2, 0.25) is 0 Å². The Labute approximate surface area is 86.4 Å². The van der Waals surface area contributed by atoms with Crippen LogP contribution >= 0.6 is 12.4 Å². The van der Waals surface area contributed by atoms with Crippen LogP contribution in [0, 0.1) is 0 Å². The molecule has 1 rings (SSSR count). The molecule has 0 saturated heterocycles. The molecule has 0 amide bonds. The van der Waals surface area contributed by atoms with Crippen LogP contribution in [-0.2, 0) is 21.8 Å². The molecule has 0 aliphatic rings. The average Bonchev–Trinajstić information content (AvgIpc) is 2.17. The third-order valence-corrected chi connectivity index (χ3v) is 2.46. The summed E-state index contributed by atoms with van der Waals surface area (Å²) in [4.78, 5) is 0.662. The molecule has 5 heteroatoms. The average molecular weight is 222 g/mol. The highest BCUT2D eigenvalue weighted by atomic mass is 35.5. The van der Waals surface area contributed by atoms with E-state index in [2.05, 4.69) is 4.18 Å². The zero-order valence-corrected chi connectivity index (χ0v) is 8.86. The van der Waals surface area contributed by atoms with E-state index in [4.69, 9.17) is 5.73 Å². The molecule has 0 spiro atoms. The Morgan fingerprint density at radius 3 is 2.31 bits per heavy atom. The molecule has 1 unspecified atom stereocenters. The first-order chi connectivity index (χ1) is 5.77. The SMILES string of the molecule is COS(=O)c1ccc(CN)cc1.Cl. The lowest BCUT2D eigenvalue weighted by Gasteiger charge is -1.99. The van der Waals surface area contributed by atoms with Crippen LogP contribution in [0.25, 0.3) is 0 Å². The summed E-state index contributed by atoms with van der Waals surface area (Å²) in [5.74, 6) is 0. The minimum atomic E-state index is -1.34. The molecule has 3 nitrogen and oxygen atoms in total. The van der Waals surface area contributed by atoms with E-state index in [0.717, 1.165) is 5.56 Å². The molecule has 74 valence electrons. The quantitative estimate of drug-likeness (QED) is 0.836. The molecule has 0 radical (unpaired) electrons. The molecule has 0 aromatic heterocycles. The molecular weight excluding hydrogens is 210 g/mol. The lowest BCUT2D eigenvalue weighted by molar-refractivity contribution is 0.445. The summed E-state index contributed by atoms with van der Waals surface area (Å²) in [6.07, 6.45) is 0. The second-order valence-corrected chi connectivity index (χ2v) is 3.52. The molecule has 0 aliphatic carbocycles. The molecule has 13 heavy (non-hydrogen) atoms. The highest BCUT2D eigenvalue weighted by Gasteiger charge is 2.00. The molecule has 0 saturated carbocycles. The van der Waals surface area contributed by atoms with E-state index >= 15 is 0 Å². The van der Waals surface area contributed by atoms with Crippen LogP contribution in [-0.4, -0.2) is 11.3 Å². The third-order valence-electron chi connectivity index (χ3n) is 1.50. The summed E-state index contributed by atoms with van der Waals surface area (Å²) in [5.41, 5.74) is 6.42. The number of nitrogens with two attached hydrogens (primary N) is 1. The van der Waals surface area contributed by atoms with Crippen molar-refractivity contribution in [2.24, 2.45) is 5.73 Å². The van der Waals surface area contributed by atoms with Gasteiger partial charge in [-0.1, -0.05) is 12.1 Å². The van der Waals surface area contributed by atoms with E-state index in [9.17, 15) is 4.21 Å². The number of hydrogen-bond acceptors (Lipinski definition) is 3. The highest BCUT2D eigenvalue weighted by Crippen LogP contribution is 2.08. The molecule has 0 bridgehead atoms. The van der Waals surface area contributed by atoms with Crippen LogP contribution in [0.5, 0.6) is 0 Å². The van der Waals surface area contributed by atoms with Gasteiger partial charge in [-0.05, 0) is 17.7 Å². The Kier molecular flexibility index (Phi) is 5.90. The smallest absolute Gasteiger partial charge is 0.188 e. The summed E-state index contributed by atoms with van der Waals surface area (Å²) in [6, 6.07) is 7.18. The maximum absolute atomic E-state index is 11.1. The van der Waals surface area contributed by atoms with Gasteiger partial charge in [-0.25, -0.2) is 4.21 Å². The first kappa shape index (κ1) is 12.6. The van der Waals surface area contributed by atoms with Gasteiger partial charge in [0, 0.05) is 6.54 Å². The van der Waals surface area contributed by atoms with Gasteiger partial charge in [-0.2, -0.15) is 0 Å². The summed E-state index contributed by atoms with van der Waals surface area (Å²) < 4.78 is 15.7. The fourth-order valence-electron chi connectivity index (χ4n) is 0.833. The van der Waals surface area contributed by atoms with Crippen molar-refractivity contribution in [3.63, 3.8) is 0 Å². The minimum Gasteiger partial charge on any atom is -0.326 e. The summed E-state index contributed by atoms with van der Waals surface area (Å²) >= 11 is -1.34. The van der Waals surface area contributed by atoms with E-state index < -0.39 is 11.1 Å². The standard InChI is InChI=1S/C8H11NO2S.ClH/c1-11-12(10)8-4-2-7(6-9)3-5-8;/h2-5H,6,9H2,1H3;1H. The van der Waals surface area contributed by atoms with Crippen molar-refractivity contribution in [2.45, 2.75) is 11.4 Å². The zero-order chi connectivity index (χ0) is 8.97. The van der Waals surface area contributed by atoms with Gasteiger partial charge in [0.1, 0.15) is 0 Å². The summed E-state index contributed by atoms with van der Waals surface area (Å²) in [6.45, 7) is 0.500. The van der Waals surface area contributed by atoms with Gasteiger partial charge in [0.15, 0.2) is 11.1 Å². The topological polar surface area (TPSA) is 52.3 Å². The van der Waals surface area contributed by atoms with Crippen LogP contribution in [0.15, 0.2) is 29.2 Å². The van der Waals surface area contributed by atoms with E-state index in [0.29, 0.717) is 11.4 Å². The Morgan fingerprint density at radius 2 is 1.92 bits per heavy atom. The fraction of sp³-hybridized carbons (Fsp3) is 0.250. The van der Waals surface area contributed by atoms with Gasteiger partial charge in [-0.3, -0.25) is 4.18 Å². The van der Waals surface area contributed by atoms with Crippen molar-refractivity contribution in [2.75, 3.05) is 7.11 Å². The van der Waals surface area contributed by atoms with Crippen molar-refractivity contribution in [1.82, 2.24) is 0 Å². The van der Waals surface area contributed by atoms with Gasteiger partial charge >= 0.3 is 0 Å². The molecule has 2 N–H and O–H groups in total. The second kappa shape index (κ2) is 6.10. The lowest BCUT2D eigenvalue weighted by atomic mass is 10.2. The zero-order valence-electron chi connectivity index (χ0n) is 7.23. The number of hydrogen-bond donors (Lipinski definition) is 1. The largest absolute Gasteiger partial charge is 0.326 e. The van der Waals surface area contributed by atoms with Gasteiger partial charge in [-0.15, -0.1) is 12.4 Å². The van der Waals surface area contributed by atoms with Crippen molar-refractivity contribution in [3.05, 3.63) is 29.8 Å². The molecule has 0 fully saturated rings. The molecule has 1 aromatic carbocycles. The molecule has 0 heterocycles. The summed E-state index contributed by atoms with van der Waals surface area (Å²) in [5, 5.41) is 0. The minimum absolute atomic E-state index is 0. The Bertz CT molecular complexity index is 276. The molecule has 1 atom stereocenters. The van der Waals surface area contributed by atoms with E-state index in [1.165, 1.54) is 7.11 Å². The van der Waals surface area contributed by atoms with Gasteiger partial charge < -0.3 is 5.73 Å². The highest BCUT2D eigenvalue weighted by molar-refractivity contribution is 7.80. The van der Waals surface area contributed by atoms with E-state index in [1.807, 2.05) is 12.1 Å². The van der Waals surface area contributed by atoms with E-state index in [-0.39, 0.29) is 12.4 Å². The predicted molar refractivity (Wildman–Crippen MR) is 55.0 cm³/mol. The molecule has 0 aliphatic heterocycles. The van der Waals surface area contributed by atoms with Gasteiger partial charge in [0.05, 0.1) is 12.0 Å². The normalized spacial score (nSPS) is 11.8. The lowest BCUT2D eigenvalue weighted by Crippen LogP contribution is -1.97. The van der Waals surface area contributed by atoms with E-state index in [1.54, 1.807) is 12.1 Å². The fourth-order valence-corrected chi connectivity index (χ4v) is 1.38. The first-order valence-corrected chi connectivity index (χ1v) is 4.60. The van der Waals surface area contributed by atoms with Gasteiger partial charge in [0.25, 0.3) is 0 Å². The second-order valence-electron chi connectivity index (χ2n) is 2.25. The van der Waals surface area contributed by atoms with Crippen molar-refractivity contribution < 1.29 is 8.39 Å². The first-order valence-electron chi connectivity index (χ1n) is 3.53. The van der Waals surface area contributed by atoms with Crippen molar-refractivity contribution in [3.8, 4) is 0 Å². The van der Waals surface area contributed by atoms with Crippen LogP contribution in [0.1, 0.15) is 5.56 Å².